The summed E-state index contributed by atoms with van der Waals surface area (Å²) in [6, 6.07) is 6.13. The molecule has 20 heavy (non-hydrogen) atoms. The Morgan fingerprint density at radius 2 is 2.05 bits per heavy atom. The third-order valence-electron chi connectivity index (χ3n) is 3.50. The zero-order valence-electron chi connectivity index (χ0n) is 11.1. The van der Waals surface area contributed by atoms with Gasteiger partial charge in [0.05, 0.1) is 17.7 Å². The Kier molecular flexibility index (Phi) is 4.73. The number of nitrogens with zero attached hydrogens (tertiary/aromatic N) is 3. The third kappa shape index (κ3) is 3.17. The average molecular weight is 340 g/mol. The summed E-state index contributed by atoms with van der Waals surface area (Å²) >= 11 is 3.22. The van der Waals surface area contributed by atoms with E-state index in [1.165, 1.54) is 18.2 Å². The second kappa shape index (κ2) is 6.33. The molecule has 0 saturated carbocycles. The van der Waals surface area contributed by atoms with E-state index in [0.717, 1.165) is 0 Å². The van der Waals surface area contributed by atoms with Gasteiger partial charge in [0.2, 0.25) is 0 Å². The molecule has 0 N–H and O–H groups in total. The quantitative estimate of drug-likeness (QED) is 0.830. The number of halogens is 2. The van der Waals surface area contributed by atoms with Crippen LogP contribution in [0.2, 0.25) is 0 Å². The summed E-state index contributed by atoms with van der Waals surface area (Å²) in [6.07, 6.45) is 0. The number of carbonyl (C=O) groups is 1. The van der Waals surface area contributed by atoms with Crippen LogP contribution in [-0.4, -0.2) is 47.9 Å². The second-order valence-electron chi connectivity index (χ2n) is 4.76. The summed E-state index contributed by atoms with van der Waals surface area (Å²) in [5.74, 6) is -0.484. The Balaban J connectivity index is 2.04. The van der Waals surface area contributed by atoms with Gasteiger partial charge in [-0.1, -0.05) is 0 Å². The van der Waals surface area contributed by atoms with Gasteiger partial charge in [0.25, 0.3) is 5.91 Å². The molecular weight excluding hydrogens is 325 g/mol. The van der Waals surface area contributed by atoms with Crippen molar-refractivity contribution in [3.05, 3.63) is 34.1 Å². The molecule has 1 amide bonds. The largest absolute Gasteiger partial charge is 0.336 e. The van der Waals surface area contributed by atoms with Crippen LogP contribution in [0.3, 0.4) is 0 Å². The summed E-state index contributed by atoms with van der Waals surface area (Å²) in [4.78, 5) is 16.1. The highest BCUT2D eigenvalue weighted by Gasteiger charge is 2.25. The Bertz CT molecular complexity index is 550. The number of rotatable bonds is 2. The molecule has 1 heterocycles. The van der Waals surface area contributed by atoms with Crippen LogP contribution in [0.1, 0.15) is 17.3 Å². The summed E-state index contributed by atoms with van der Waals surface area (Å²) in [5, 5.41) is 8.89. The van der Waals surface area contributed by atoms with Crippen LogP contribution in [0.15, 0.2) is 22.7 Å². The highest BCUT2D eigenvalue weighted by atomic mass is 79.9. The van der Waals surface area contributed by atoms with Gasteiger partial charge >= 0.3 is 0 Å². The van der Waals surface area contributed by atoms with Crippen LogP contribution in [0, 0.1) is 17.1 Å². The van der Waals surface area contributed by atoms with Crippen molar-refractivity contribution in [2.75, 3.05) is 26.2 Å². The number of benzene rings is 1. The minimum atomic E-state index is -0.374. The lowest BCUT2D eigenvalue weighted by atomic mass is 10.1. The van der Waals surface area contributed by atoms with Gasteiger partial charge in [-0.05, 0) is 41.1 Å². The maximum Gasteiger partial charge on any atom is 0.255 e. The summed E-state index contributed by atoms with van der Waals surface area (Å²) in [6.45, 7) is 4.37. The third-order valence-corrected chi connectivity index (χ3v) is 4.15. The highest BCUT2D eigenvalue weighted by molar-refractivity contribution is 9.10. The van der Waals surface area contributed by atoms with E-state index in [1.54, 1.807) is 4.90 Å². The Hall–Kier alpha value is -1.45. The van der Waals surface area contributed by atoms with Crippen molar-refractivity contribution in [1.29, 1.82) is 5.26 Å². The molecule has 1 unspecified atom stereocenters. The van der Waals surface area contributed by atoms with Gasteiger partial charge in [0.1, 0.15) is 5.82 Å². The van der Waals surface area contributed by atoms with Crippen molar-refractivity contribution < 1.29 is 9.18 Å². The zero-order valence-corrected chi connectivity index (χ0v) is 12.7. The number of hydrogen-bond donors (Lipinski definition) is 0. The fourth-order valence-corrected chi connectivity index (χ4v) is 2.75. The molecule has 1 aromatic carbocycles. The molecule has 1 fully saturated rings. The highest BCUT2D eigenvalue weighted by Crippen LogP contribution is 2.20. The van der Waals surface area contributed by atoms with Crippen molar-refractivity contribution >= 4 is 21.8 Å². The number of hydrogen-bond acceptors (Lipinski definition) is 3. The van der Waals surface area contributed by atoms with Gasteiger partial charge in [-0.3, -0.25) is 9.69 Å². The average Bonchev–Trinajstić information content (AvgIpc) is 2.46. The maximum absolute atomic E-state index is 13.0. The zero-order chi connectivity index (χ0) is 14.7. The van der Waals surface area contributed by atoms with Crippen molar-refractivity contribution in [1.82, 2.24) is 9.80 Å². The fraction of sp³-hybridized carbons (Fsp3) is 0.429. The topological polar surface area (TPSA) is 47.3 Å². The van der Waals surface area contributed by atoms with Crippen LogP contribution >= 0.6 is 15.9 Å². The van der Waals surface area contributed by atoms with E-state index in [2.05, 4.69) is 22.0 Å². The molecule has 1 aliphatic rings. The van der Waals surface area contributed by atoms with Gasteiger partial charge in [0, 0.05) is 30.7 Å². The van der Waals surface area contributed by atoms with E-state index in [1.807, 2.05) is 11.8 Å². The summed E-state index contributed by atoms with van der Waals surface area (Å²) in [5.41, 5.74) is 0.466. The SMILES string of the molecule is CC(C#N)N1CCN(C(=O)c2ccc(F)cc2Br)CC1. The lowest BCUT2D eigenvalue weighted by molar-refractivity contribution is 0.0614. The Morgan fingerprint density at radius 1 is 1.40 bits per heavy atom. The van der Waals surface area contributed by atoms with Crippen LogP contribution in [0.25, 0.3) is 0 Å². The maximum atomic E-state index is 13.0. The smallest absolute Gasteiger partial charge is 0.255 e. The van der Waals surface area contributed by atoms with Crippen LogP contribution in [-0.2, 0) is 0 Å². The van der Waals surface area contributed by atoms with E-state index in [-0.39, 0.29) is 17.8 Å². The van der Waals surface area contributed by atoms with Crippen molar-refractivity contribution in [3.8, 4) is 6.07 Å². The Morgan fingerprint density at radius 3 is 2.60 bits per heavy atom. The molecule has 106 valence electrons. The van der Waals surface area contributed by atoms with Crippen LogP contribution < -0.4 is 0 Å². The molecule has 0 spiro atoms. The van der Waals surface area contributed by atoms with Gasteiger partial charge in [-0.25, -0.2) is 4.39 Å². The molecule has 2 rings (SSSR count). The van der Waals surface area contributed by atoms with Gasteiger partial charge in [-0.15, -0.1) is 0 Å². The molecule has 1 aliphatic heterocycles. The first-order valence-electron chi connectivity index (χ1n) is 6.41. The molecular formula is C14H15BrFN3O. The molecule has 4 nitrogen and oxygen atoms in total. The van der Waals surface area contributed by atoms with Gasteiger partial charge < -0.3 is 4.90 Å². The molecule has 1 atom stereocenters. The van der Waals surface area contributed by atoms with E-state index < -0.39 is 0 Å². The lowest BCUT2D eigenvalue weighted by Crippen LogP contribution is -2.51. The van der Waals surface area contributed by atoms with E-state index in [4.69, 9.17) is 5.26 Å². The van der Waals surface area contributed by atoms with E-state index >= 15 is 0 Å². The van der Waals surface area contributed by atoms with Gasteiger partial charge in [0.15, 0.2) is 0 Å². The van der Waals surface area contributed by atoms with Crippen LogP contribution in [0.4, 0.5) is 4.39 Å². The Labute approximate surface area is 125 Å². The van der Waals surface area contributed by atoms with E-state index in [0.29, 0.717) is 36.2 Å². The number of amides is 1. The summed E-state index contributed by atoms with van der Waals surface area (Å²) < 4.78 is 13.5. The minimum absolute atomic E-state index is 0.110. The molecule has 6 heteroatoms. The molecule has 0 aromatic heterocycles. The normalized spacial score (nSPS) is 17.6. The standard InChI is InChI=1S/C14H15BrFN3O/c1-10(9-17)18-4-6-19(7-5-18)14(20)12-3-2-11(16)8-13(12)15/h2-3,8,10H,4-7H2,1H3. The fourth-order valence-electron chi connectivity index (χ4n) is 2.23. The van der Waals surface area contributed by atoms with Crippen molar-refractivity contribution in [2.45, 2.75) is 13.0 Å². The molecule has 0 radical (unpaired) electrons. The van der Waals surface area contributed by atoms with E-state index in [9.17, 15) is 9.18 Å². The first kappa shape index (κ1) is 14.9. The second-order valence-corrected chi connectivity index (χ2v) is 5.61. The monoisotopic (exact) mass is 339 g/mol. The van der Waals surface area contributed by atoms with Crippen molar-refractivity contribution in [2.24, 2.45) is 0 Å². The molecule has 0 bridgehead atoms. The molecule has 0 aliphatic carbocycles. The summed E-state index contributed by atoms with van der Waals surface area (Å²) in [7, 11) is 0. The number of carbonyl (C=O) groups excluding carboxylic acids is 1. The first-order chi connectivity index (χ1) is 9.52. The predicted octanol–water partition coefficient (Wildman–Crippen LogP) is 2.26. The minimum Gasteiger partial charge on any atom is -0.336 e. The lowest BCUT2D eigenvalue weighted by Gasteiger charge is -2.36. The number of nitriles is 1. The van der Waals surface area contributed by atoms with Crippen LogP contribution in [0.5, 0.6) is 0 Å². The van der Waals surface area contributed by atoms with Crippen molar-refractivity contribution in [3.63, 3.8) is 0 Å². The molecule has 1 aromatic rings. The number of piperazine rings is 1. The predicted molar refractivity (Wildman–Crippen MR) is 76.7 cm³/mol. The first-order valence-corrected chi connectivity index (χ1v) is 7.20. The van der Waals surface area contributed by atoms with Gasteiger partial charge in [-0.2, -0.15) is 5.26 Å². The molecule has 1 saturated heterocycles.